The monoisotopic (exact) mass is 158 g/mol. The van der Waals surface area contributed by atoms with E-state index in [1.165, 1.54) is 6.20 Å². The molecule has 0 N–H and O–H groups in total. The van der Waals surface area contributed by atoms with Crippen LogP contribution in [-0.2, 0) is 5.21 Å². The Kier molecular flexibility index (Phi) is 1.59. The lowest BCUT2D eigenvalue weighted by Gasteiger charge is -1.93. The van der Waals surface area contributed by atoms with Crippen molar-refractivity contribution in [3.63, 3.8) is 0 Å². The molecule has 0 fully saturated rings. The first kappa shape index (κ1) is 6.98. The smallest absolute Gasteiger partial charge is 0.0561 e. The number of aromatic nitrogens is 1. The van der Waals surface area contributed by atoms with Crippen LogP contribution in [0, 0.1) is 0 Å². The lowest BCUT2D eigenvalue weighted by atomic mass is 10.1. The molecule has 1 radical (unpaired) electrons. The van der Waals surface area contributed by atoms with Crippen molar-refractivity contribution in [1.29, 1.82) is 0 Å². The SMILES string of the molecule is [O]n1ccc(-c2ccccc2)c1. The second-order valence-electron chi connectivity index (χ2n) is 2.63. The Morgan fingerprint density at radius 2 is 1.67 bits per heavy atom. The summed E-state index contributed by atoms with van der Waals surface area (Å²) in [5, 5.41) is 10.8. The van der Waals surface area contributed by atoms with Crippen molar-refractivity contribution in [3.05, 3.63) is 48.8 Å². The van der Waals surface area contributed by atoms with Gasteiger partial charge in [0.15, 0.2) is 0 Å². The van der Waals surface area contributed by atoms with Crippen LogP contribution in [0.2, 0.25) is 0 Å². The highest BCUT2D eigenvalue weighted by Gasteiger charge is 1.97. The van der Waals surface area contributed by atoms with Gasteiger partial charge in [-0.15, -0.1) is 4.73 Å². The van der Waals surface area contributed by atoms with Crippen LogP contribution in [-0.4, -0.2) is 4.73 Å². The minimum absolute atomic E-state index is 0.808. The molecule has 0 aliphatic heterocycles. The maximum absolute atomic E-state index is 10.8. The molecular formula is C10H8NO. The fourth-order valence-corrected chi connectivity index (χ4v) is 1.18. The van der Waals surface area contributed by atoms with Crippen molar-refractivity contribution in [3.8, 4) is 11.1 Å². The average Bonchev–Trinajstić information content (AvgIpc) is 2.54. The maximum Gasteiger partial charge on any atom is 0.0561 e. The van der Waals surface area contributed by atoms with E-state index in [0.29, 0.717) is 0 Å². The summed E-state index contributed by atoms with van der Waals surface area (Å²) in [7, 11) is 0. The van der Waals surface area contributed by atoms with E-state index in [0.717, 1.165) is 15.9 Å². The molecule has 1 heterocycles. The number of nitrogens with zero attached hydrogens (tertiary/aromatic N) is 1. The highest BCUT2D eigenvalue weighted by molar-refractivity contribution is 5.62. The zero-order valence-electron chi connectivity index (χ0n) is 6.47. The third kappa shape index (κ3) is 1.19. The summed E-state index contributed by atoms with van der Waals surface area (Å²) in [4.78, 5) is 0. The molecule has 0 saturated carbocycles. The molecule has 0 aliphatic rings. The number of benzene rings is 1. The van der Waals surface area contributed by atoms with E-state index in [1.54, 1.807) is 6.20 Å². The van der Waals surface area contributed by atoms with Gasteiger partial charge in [0.25, 0.3) is 0 Å². The molecule has 59 valence electrons. The summed E-state index contributed by atoms with van der Waals surface area (Å²) in [6.07, 6.45) is 3.07. The summed E-state index contributed by atoms with van der Waals surface area (Å²) in [6.45, 7) is 0. The highest BCUT2D eigenvalue weighted by Crippen LogP contribution is 2.17. The standard InChI is InChI=1S/C10H8NO/c12-11-7-6-10(8-11)9-4-2-1-3-5-9/h1-8H. The molecule has 2 rings (SSSR count). The van der Waals surface area contributed by atoms with E-state index >= 15 is 0 Å². The summed E-state index contributed by atoms with van der Waals surface area (Å²) < 4.78 is 0.808. The van der Waals surface area contributed by atoms with E-state index < -0.39 is 0 Å². The third-order valence-electron chi connectivity index (χ3n) is 1.77. The number of rotatable bonds is 1. The van der Waals surface area contributed by atoms with Gasteiger partial charge in [0, 0.05) is 11.8 Å². The summed E-state index contributed by atoms with van der Waals surface area (Å²) in [5.74, 6) is 0. The fourth-order valence-electron chi connectivity index (χ4n) is 1.18. The Morgan fingerprint density at radius 1 is 0.917 bits per heavy atom. The summed E-state index contributed by atoms with van der Waals surface area (Å²) in [6, 6.07) is 11.6. The van der Waals surface area contributed by atoms with Crippen molar-refractivity contribution in [2.75, 3.05) is 0 Å². The minimum Gasteiger partial charge on any atom is -0.167 e. The predicted octanol–water partition coefficient (Wildman–Crippen LogP) is 2.35. The van der Waals surface area contributed by atoms with Crippen LogP contribution in [0.5, 0.6) is 0 Å². The lowest BCUT2D eigenvalue weighted by molar-refractivity contribution is 0.0919. The number of hydrogen-bond donors (Lipinski definition) is 0. The Bertz CT molecular complexity index is 364. The number of hydrogen-bond acceptors (Lipinski definition) is 0. The van der Waals surface area contributed by atoms with Gasteiger partial charge in [-0.25, -0.2) is 0 Å². The molecule has 1 aromatic carbocycles. The highest BCUT2D eigenvalue weighted by atomic mass is 16.5. The molecule has 0 bridgehead atoms. The predicted molar refractivity (Wildman–Crippen MR) is 46.0 cm³/mol. The van der Waals surface area contributed by atoms with Crippen LogP contribution in [0.15, 0.2) is 48.8 Å². The van der Waals surface area contributed by atoms with Crippen molar-refractivity contribution < 1.29 is 5.21 Å². The van der Waals surface area contributed by atoms with Gasteiger partial charge in [-0.1, -0.05) is 30.3 Å². The van der Waals surface area contributed by atoms with Crippen LogP contribution in [0.3, 0.4) is 0 Å². The second-order valence-corrected chi connectivity index (χ2v) is 2.63. The molecule has 2 aromatic rings. The molecule has 2 heteroatoms. The zero-order valence-corrected chi connectivity index (χ0v) is 6.47. The van der Waals surface area contributed by atoms with Gasteiger partial charge in [0.2, 0.25) is 0 Å². The topological polar surface area (TPSA) is 24.8 Å². The van der Waals surface area contributed by atoms with Crippen molar-refractivity contribution >= 4 is 0 Å². The molecular weight excluding hydrogens is 150 g/mol. The normalized spacial score (nSPS) is 10.0. The van der Waals surface area contributed by atoms with Gasteiger partial charge in [-0.2, -0.15) is 5.21 Å². The molecule has 2 nitrogen and oxygen atoms in total. The van der Waals surface area contributed by atoms with Crippen molar-refractivity contribution in [2.24, 2.45) is 0 Å². The molecule has 0 saturated heterocycles. The Hall–Kier alpha value is -1.70. The molecule has 0 atom stereocenters. The Morgan fingerprint density at radius 3 is 2.25 bits per heavy atom. The first-order chi connectivity index (χ1) is 5.86. The molecule has 0 spiro atoms. The van der Waals surface area contributed by atoms with Crippen LogP contribution < -0.4 is 0 Å². The molecule has 12 heavy (non-hydrogen) atoms. The van der Waals surface area contributed by atoms with Crippen LogP contribution in [0.25, 0.3) is 11.1 Å². The van der Waals surface area contributed by atoms with Gasteiger partial charge in [-0.3, -0.25) is 0 Å². The minimum atomic E-state index is 0.808. The van der Waals surface area contributed by atoms with Gasteiger partial charge in [-0.05, 0) is 11.6 Å². The van der Waals surface area contributed by atoms with E-state index in [1.807, 2.05) is 36.4 Å². The summed E-state index contributed by atoms with van der Waals surface area (Å²) in [5.41, 5.74) is 2.04. The molecule has 1 aromatic heterocycles. The molecule has 0 amide bonds. The van der Waals surface area contributed by atoms with Crippen molar-refractivity contribution in [2.45, 2.75) is 0 Å². The van der Waals surface area contributed by atoms with E-state index in [2.05, 4.69) is 0 Å². The lowest BCUT2D eigenvalue weighted by Crippen LogP contribution is -1.77. The van der Waals surface area contributed by atoms with E-state index in [4.69, 9.17) is 0 Å². The van der Waals surface area contributed by atoms with Gasteiger partial charge in [0.1, 0.15) is 0 Å². The quantitative estimate of drug-likeness (QED) is 0.608. The third-order valence-corrected chi connectivity index (χ3v) is 1.77. The first-order valence-corrected chi connectivity index (χ1v) is 3.77. The summed E-state index contributed by atoms with van der Waals surface area (Å²) >= 11 is 0. The van der Waals surface area contributed by atoms with Crippen LogP contribution >= 0.6 is 0 Å². The van der Waals surface area contributed by atoms with Crippen molar-refractivity contribution in [1.82, 2.24) is 4.73 Å². The molecule has 0 aliphatic carbocycles. The zero-order chi connectivity index (χ0) is 8.39. The van der Waals surface area contributed by atoms with Gasteiger partial charge < -0.3 is 0 Å². The average molecular weight is 158 g/mol. The second kappa shape index (κ2) is 2.74. The maximum atomic E-state index is 10.8. The van der Waals surface area contributed by atoms with Gasteiger partial charge in [0.05, 0.1) is 6.20 Å². The van der Waals surface area contributed by atoms with E-state index in [-0.39, 0.29) is 0 Å². The van der Waals surface area contributed by atoms with Gasteiger partial charge >= 0.3 is 0 Å². The van der Waals surface area contributed by atoms with Crippen LogP contribution in [0.4, 0.5) is 0 Å². The van der Waals surface area contributed by atoms with E-state index in [9.17, 15) is 5.21 Å². The van der Waals surface area contributed by atoms with Crippen LogP contribution in [0.1, 0.15) is 0 Å². The Labute approximate surface area is 70.7 Å². The first-order valence-electron chi connectivity index (χ1n) is 3.77. The molecule has 0 unspecified atom stereocenters. The largest absolute Gasteiger partial charge is 0.167 e. The fraction of sp³-hybridized carbons (Fsp3) is 0. The Balaban J connectivity index is 2.45.